The summed E-state index contributed by atoms with van der Waals surface area (Å²) in [7, 11) is 0. The van der Waals surface area contributed by atoms with E-state index in [-0.39, 0.29) is 0 Å². The number of aliphatic hydroxyl groups excluding tert-OH is 2. The zero-order chi connectivity index (χ0) is 8.27. The molecule has 0 radical (unpaired) electrons. The van der Waals surface area contributed by atoms with Crippen molar-refractivity contribution in [1.29, 1.82) is 0 Å². The Bertz CT molecular complexity index is 211. The van der Waals surface area contributed by atoms with Gasteiger partial charge in [0, 0.05) is 0 Å². The largest absolute Gasteiger partial charge is 0.384 e. The molecule has 1 aromatic carbocycles. The first kappa shape index (κ1) is 8.20. The van der Waals surface area contributed by atoms with Gasteiger partial charge in [0.25, 0.3) is 0 Å². The van der Waals surface area contributed by atoms with Crippen LogP contribution in [0.3, 0.4) is 0 Å². The van der Waals surface area contributed by atoms with Gasteiger partial charge in [0.05, 0.1) is 0 Å². The van der Waals surface area contributed by atoms with E-state index in [1.165, 1.54) is 0 Å². The summed E-state index contributed by atoms with van der Waals surface area (Å²) in [6.07, 6.45) is -2.20. The van der Waals surface area contributed by atoms with Crippen LogP contribution >= 0.6 is 0 Å². The number of benzene rings is 1. The van der Waals surface area contributed by atoms with Gasteiger partial charge in [0.2, 0.25) is 0 Å². The lowest BCUT2D eigenvalue weighted by molar-refractivity contribution is 0.0228. The van der Waals surface area contributed by atoms with E-state index >= 15 is 0 Å². The normalized spacial score (nSPS) is 15.9. The molecule has 1 rings (SSSR count). The monoisotopic (exact) mass is 153 g/mol. The molecule has 2 atom stereocenters. The van der Waals surface area contributed by atoms with Crippen molar-refractivity contribution in [3.63, 3.8) is 0 Å². The molecule has 3 nitrogen and oxygen atoms in total. The molecule has 11 heavy (non-hydrogen) atoms. The third-order valence-electron chi connectivity index (χ3n) is 1.46. The molecule has 0 saturated heterocycles. The van der Waals surface area contributed by atoms with Gasteiger partial charge in [-0.3, -0.25) is 0 Å². The van der Waals surface area contributed by atoms with Crippen LogP contribution in [0.5, 0.6) is 0 Å². The maximum absolute atomic E-state index is 9.22. The highest BCUT2D eigenvalue weighted by Gasteiger charge is 2.12. The minimum Gasteiger partial charge on any atom is -0.384 e. The first-order chi connectivity index (χ1) is 5.22. The lowest BCUT2D eigenvalue weighted by Gasteiger charge is -2.12. The first-order valence-corrected chi connectivity index (χ1v) is 3.38. The summed E-state index contributed by atoms with van der Waals surface area (Å²) in [6.45, 7) is 0. The highest BCUT2D eigenvalue weighted by molar-refractivity contribution is 5.17. The van der Waals surface area contributed by atoms with Crippen LogP contribution in [0.1, 0.15) is 11.7 Å². The van der Waals surface area contributed by atoms with Crippen molar-refractivity contribution >= 4 is 0 Å². The van der Waals surface area contributed by atoms with E-state index in [0.29, 0.717) is 5.56 Å². The fraction of sp³-hybridized carbons (Fsp3) is 0.250. The highest BCUT2D eigenvalue weighted by atomic mass is 16.3. The minimum absolute atomic E-state index is 0.627. The van der Waals surface area contributed by atoms with Crippen LogP contribution in [-0.4, -0.2) is 16.4 Å². The third-order valence-corrected chi connectivity index (χ3v) is 1.46. The smallest absolute Gasteiger partial charge is 0.132 e. The zero-order valence-electron chi connectivity index (χ0n) is 6.01. The number of nitrogens with two attached hydrogens (primary N) is 1. The van der Waals surface area contributed by atoms with Gasteiger partial charge >= 0.3 is 0 Å². The summed E-state index contributed by atoms with van der Waals surface area (Å²) in [4.78, 5) is 0. The van der Waals surface area contributed by atoms with Gasteiger partial charge in [-0.2, -0.15) is 0 Å². The van der Waals surface area contributed by atoms with Crippen LogP contribution in [0.4, 0.5) is 0 Å². The summed E-state index contributed by atoms with van der Waals surface area (Å²) >= 11 is 0. The van der Waals surface area contributed by atoms with Gasteiger partial charge in [-0.15, -0.1) is 0 Å². The van der Waals surface area contributed by atoms with E-state index in [4.69, 9.17) is 10.8 Å². The van der Waals surface area contributed by atoms with Crippen LogP contribution in [0.15, 0.2) is 30.3 Å². The molecule has 0 bridgehead atoms. The molecule has 0 heterocycles. The van der Waals surface area contributed by atoms with E-state index in [1.54, 1.807) is 24.3 Å². The molecule has 0 aliphatic heterocycles. The Morgan fingerprint density at radius 3 is 2.09 bits per heavy atom. The van der Waals surface area contributed by atoms with E-state index in [0.717, 1.165) is 0 Å². The molecule has 1 aromatic rings. The molecule has 0 aliphatic rings. The lowest BCUT2D eigenvalue weighted by Crippen LogP contribution is -2.27. The molecule has 0 aromatic heterocycles. The van der Waals surface area contributed by atoms with Crippen LogP contribution in [0.25, 0.3) is 0 Å². The molecule has 0 fully saturated rings. The Kier molecular flexibility index (Phi) is 2.59. The van der Waals surface area contributed by atoms with E-state index in [9.17, 15) is 5.11 Å². The molecule has 0 aliphatic carbocycles. The van der Waals surface area contributed by atoms with E-state index < -0.39 is 12.3 Å². The molecule has 3 heteroatoms. The van der Waals surface area contributed by atoms with Crippen LogP contribution < -0.4 is 5.73 Å². The second-order valence-corrected chi connectivity index (χ2v) is 2.35. The first-order valence-electron chi connectivity index (χ1n) is 3.38. The summed E-state index contributed by atoms with van der Waals surface area (Å²) in [5.74, 6) is 0. The van der Waals surface area contributed by atoms with Crippen molar-refractivity contribution in [3.8, 4) is 0 Å². The fourth-order valence-electron chi connectivity index (χ4n) is 0.847. The number of hydrogen-bond acceptors (Lipinski definition) is 3. The van der Waals surface area contributed by atoms with Crippen molar-refractivity contribution in [1.82, 2.24) is 0 Å². The maximum atomic E-state index is 9.22. The van der Waals surface area contributed by atoms with Gasteiger partial charge in [0.15, 0.2) is 0 Å². The Morgan fingerprint density at radius 2 is 1.64 bits per heavy atom. The molecule has 0 spiro atoms. The predicted molar refractivity (Wildman–Crippen MR) is 41.6 cm³/mol. The predicted octanol–water partition coefficient (Wildman–Crippen LogP) is -0.00290. The summed E-state index contributed by atoms with van der Waals surface area (Å²) in [6, 6.07) is 8.81. The molecule has 4 N–H and O–H groups in total. The second-order valence-electron chi connectivity index (χ2n) is 2.35. The van der Waals surface area contributed by atoms with Crippen molar-refractivity contribution in [3.05, 3.63) is 35.9 Å². The Hall–Kier alpha value is -0.900. The van der Waals surface area contributed by atoms with Gasteiger partial charge in [-0.25, -0.2) is 0 Å². The number of rotatable bonds is 2. The van der Waals surface area contributed by atoms with Crippen LogP contribution in [-0.2, 0) is 0 Å². The standard InChI is InChI=1S/C8H11NO2/c9-8(11)7(10)6-4-2-1-3-5-6/h1-5,7-8,10-11H,9H2/t7-,8?/m0/s1. The zero-order valence-corrected chi connectivity index (χ0v) is 6.01. The molecular formula is C8H11NO2. The average molecular weight is 153 g/mol. The van der Waals surface area contributed by atoms with Crippen molar-refractivity contribution < 1.29 is 10.2 Å². The SMILES string of the molecule is NC(O)[C@@H](O)c1ccccc1. The summed E-state index contributed by atoms with van der Waals surface area (Å²) in [5.41, 5.74) is 5.70. The van der Waals surface area contributed by atoms with E-state index in [1.807, 2.05) is 6.07 Å². The molecular weight excluding hydrogens is 142 g/mol. The number of hydrogen-bond donors (Lipinski definition) is 3. The molecule has 60 valence electrons. The fourth-order valence-corrected chi connectivity index (χ4v) is 0.847. The van der Waals surface area contributed by atoms with E-state index in [2.05, 4.69) is 0 Å². The van der Waals surface area contributed by atoms with Gasteiger partial charge < -0.3 is 15.9 Å². The maximum Gasteiger partial charge on any atom is 0.132 e. The number of aliphatic hydroxyl groups is 2. The van der Waals surface area contributed by atoms with Gasteiger partial charge in [-0.1, -0.05) is 30.3 Å². The average Bonchev–Trinajstić information content (AvgIpc) is 2.05. The quantitative estimate of drug-likeness (QED) is 0.524. The van der Waals surface area contributed by atoms with Gasteiger partial charge in [-0.05, 0) is 5.56 Å². The van der Waals surface area contributed by atoms with Crippen molar-refractivity contribution in [2.24, 2.45) is 5.73 Å². The molecule has 1 unspecified atom stereocenters. The Labute approximate surface area is 65.1 Å². The van der Waals surface area contributed by atoms with Crippen molar-refractivity contribution in [2.45, 2.75) is 12.3 Å². The van der Waals surface area contributed by atoms with Gasteiger partial charge in [0.1, 0.15) is 12.3 Å². The summed E-state index contributed by atoms with van der Waals surface area (Å²) < 4.78 is 0. The minimum atomic E-state index is -1.21. The molecule has 0 saturated carbocycles. The third kappa shape index (κ3) is 2.01. The lowest BCUT2D eigenvalue weighted by atomic mass is 10.1. The van der Waals surface area contributed by atoms with Crippen LogP contribution in [0.2, 0.25) is 0 Å². The second kappa shape index (κ2) is 3.48. The van der Waals surface area contributed by atoms with Crippen molar-refractivity contribution in [2.75, 3.05) is 0 Å². The Morgan fingerprint density at radius 1 is 1.09 bits per heavy atom. The topological polar surface area (TPSA) is 66.5 Å². The Balaban J connectivity index is 2.77. The molecule has 0 amide bonds. The summed E-state index contributed by atoms with van der Waals surface area (Å²) in [5, 5.41) is 18.0. The van der Waals surface area contributed by atoms with Crippen LogP contribution in [0, 0.1) is 0 Å². The highest BCUT2D eigenvalue weighted by Crippen LogP contribution is 2.12.